The molecule has 5 heteroatoms. The fourth-order valence-corrected chi connectivity index (χ4v) is 3.56. The fraction of sp³-hybridized carbons (Fsp3) is 0.250. The van der Waals surface area contributed by atoms with Gasteiger partial charge < -0.3 is 5.32 Å². The molecule has 1 N–H and O–H groups in total. The molecule has 0 fully saturated rings. The first kappa shape index (κ1) is 17.3. The van der Waals surface area contributed by atoms with Crippen molar-refractivity contribution in [2.75, 3.05) is 5.32 Å². The van der Waals surface area contributed by atoms with Crippen LogP contribution >= 0.6 is 11.3 Å². The van der Waals surface area contributed by atoms with Gasteiger partial charge in [0.1, 0.15) is 0 Å². The zero-order valence-corrected chi connectivity index (χ0v) is 15.3. The van der Waals surface area contributed by atoms with Crippen LogP contribution in [-0.2, 0) is 24.1 Å². The lowest BCUT2D eigenvalue weighted by Crippen LogP contribution is -2.14. The number of thiazole rings is 1. The monoisotopic (exact) mass is 351 g/mol. The van der Waals surface area contributed by atoms with E-state index in [1.165, 1.54) is 5.56 Å². The molecular weight excluding hydrogens is 330 g/mol. The molecule has 0 saturated heterocycles. The summed E-state index contributed by atoms with van der Waals surface area (Å²) in [4.78, 5) is 20.8. The molecule has 0 aliphatic heterocycles. The Kier molecular flexibility index (Phi) is 5.56. The second-order valence-electron chi connectivity index (χ2n) is 6.19. The van der Waals surface area contributed by atoms with Crippen LogP contribution in [0.15, 0.2) is 48.1 Å². The first-order valence-electron chi connectivity index (χ1n) is 8.29. The summed E-state index contributed by atoms with van der Waals surface area (Å²) in [5.41, 5.74) is 5.20. The lowest BCUT2D eigenvalue weighted by Gasteiger charge is -2.06. The van der Waals surface area contributed by atoms with Gasteiger partial charge in [-0.25, -0.2) is 4.98 Å². The van der Waals surface area contributed by atoms with E-state index in [9.17, 15) is 4.79 Å². The number of pyridine rings is 1. The summed E-state index contributed by atoms with van der Waals surface area (Å²) in [6.07, 6.45) is 5.73. The normalized spacial score (nSPS) is 10.6. The van der Waals surface area contributed by atoms with E-state index in [1.807, 2.05) is 43.5 Å². The van der Waals surface area contributed by atoms with Crippen LogP contribution in [0.2, 0.25) is 0 Å². The van der Waals surface area contributed by atoms with Crippen molar-refractivity contribution in [1.29, 1.82) is 0 Å². The predicted molar refractivity (Wildman–Crippen MR) is 102 cm³/mol. The van der Waals surface area contributed by atoms with Crippen LogP contribution in [0.1, 0.15) is 27.4 Å². The summed E-state index contributed by atoms with van der Waals surface area (Å²) < 4.78 is 0. The maximum atomic E-state index is 12.2. The second kappa shape index (κ2) is 8.03. The number of anilines is 1. The molecule has 0 aliphatic carbocycles. The summed E-state index contributed by atoms with van der Waals surface area (Å²) in [6, 6.07) is 10.1. The van der Waals surface area contributed by atoms with E-state index in [0.29, 0.717) is 6.42 Å². The number of amides is 1. The van der Waals surface area contributed by atoms with Crippen molar-refractivity contribution in [1.82, 2.24) is 9.97 Å². The van der Waals surface area contributed by atoms with Gasteiger partial charge in [-0.3, -0.25) is 9.78 Å². The molecule has 2 heterocycles. The molecule has 4 nitrogen and oxygen atoms in total. The minimum atomic E-state index is -0.0315. The van der Waals surface area contributed by atoms with Gasteiger partial charge in [-0.05, 0) is 61.2 Å². The summed E-state index contributed by atoms with van der Waals surface area (Å²) in [7, 11) is 0. The molecule has 3 rings (SSSR count). The molecule has 1 aromatic carbocycles. The first-order chi connectivity index (χ1) is 12.1. The van der Waals surface area contributed by atoms with E-state index >= 15 is 0 Å². The average Bonchev–Trinajstić information content (AvgIpc) is 3.00. The van der Waals surface area contributed by atoms with E-state index in [0.717, 1.165) is 40.4 Å². The number of carbonyl (C=O) groups excluding carboxylic acids is 1. The number of aryl methyl sites for hydroxylation is 4. The molecule has 0 bridgehead atoms. The number of nitrogens with zero attached hydrogens (tertiary/aromatic N) is 2. The van der Waals surface area contributed by atoms with E-state index in [1.54, 1.807) is 23.7 Å². The zero-order valence-electron chi connectivity index (χ0n) is 14.5. The molecule has 25 heavy (non-hydrogen) atoms. The molecule has 2 aromatic heterocycles. The Morgan fingerprint density at radius 3 is 2.52 bits per heavy atom. The highest BCUT2D eigenvalue weighted by Gasteiger charge is 2.09. The average molecular weight is 351 g/mol. The largest absolute Gasteiger partial charge is 0.326 e. The molecule has 0 unspecified atom stereocenters. The minimum Gasteiger partial charge on any atom is -0.326 e. The highest BCUT2D eigenvalue weighted by atomic mass is 32.1. The fourth-order valence-electron chi connectivity index (χ4n) is 2.76. The van der Waals surface area contributed by atoms with Crippen LogP contribution in [0, 0.1) is 13.8 Å². The zero-order chi connectivity index (χ0) is 17.6. The molecule has 0 radical (unpaired) electrons. The third-order valence-electron chi connectivity index (χ3n) is 3.82. The van der Waals surface area contributed by atoms with Gasteiger partial charge in [0.15, 0.2) is 0 Å². The Bertz CT molecular complexity index is 838. The maximum Gasteiger partial charge on any atom is 0.230 e. The highest BCUT2D eigenvalue weighted by molar-refractivity contribution is 7.09. The summed E-state index contributed by atoms with van der Waals surface area (Å²) >= 11 is 1.62. The molecule has 3 aromatic rings. The van der Waals surface area contributed by atoms with Crippen molar-refractivity contribution in [3.8, 4) is 0 Å². The second-order valence-corrected chi connectivity index (χ2v) is 7.13. The number of rotatable bonds is 6. The molecule has 1 amide bonds. The van der Waals surface area contributed by atoms with Crippen molar-refractivity contribution < 1.29 is 4.79 Å². The molecule has 128 valence electrons. The van der Waals surface area contributed by atoms with Crippen LogP contribution in [0.25, 0.3) is 0 Å². The van der Waals surface area contributed by atoms with Gasteiger partial charge in [-0.2, -0.15) is 0 Å². The first-order valence-corrected chi connectivity index (χ1v) is 9.17. The van der Waals surface area contributed by atoms with Gasteiger partial charge in [0.2, 0.25) is 5.91 Å². The SMILES string of the molecule is Cc1cc(C)cc(NC(=O)Cc2csc(CCc3ccncc3)n2)c1. The number of aromatic nitrogens is 2. The van der Waals surface area contributed by atoms with Crippen LogP contribution in [-0.4, -0.2) is 15.9 Å². The molecule has 0 saturated carbocycles. The van der Waals surface area contributed by atoms with Crippen LogP contribution in [0.5, 0.6) is 0 Å². The van der Waals surface area contributed by atoms with Crippen molar-refractivity contribution in [2.45, 2.75) is 33.1 Å². The van der Waals surface area contributed by atoms with Crippen molar-refractivity contribution in [3.05, 3.63) is 75.5 Å². The Morgan fingerprint density at radius 2 is 1.80 bits per heavy atom. The van der Waals surface area contributed by atoms with Gasteiger partial charge in [-0.1, -0.05) is 6.07 Å². The molecular formula is C20H21N3OS. The van der Waals surface area contributed by atoms with Crippen LogP contribution in [0.3, 0.4) is 0 Å². The summed E-state index contributed by atoms with van der Waals surface area (Å²) in [5, 5.41) is 5.99. The third-order valence-corrected chi connectivity index (χ3v) is 4.78. The van der Waals surface area contributed by atoms with E-state index in [-0.39, 0.29) is 5.91 Å². The Labute approximate surface area is 152 Å². The Hall–Kier alpha value is -2.53. The number of hydrogen-bond acceptors (Lipinski definition) is 4. The van der Waals surface area contributed by atoms with Crippen molar-refractivity contribution >= 4 is 22.9 Å². The standard InChI is InChI=1S/C20H21N3OS/c1-14-9-15(2)11-17(10-14)22-19(24)12-18-13-25-20(23-18)4-3-16-5-7-21-8-6-16/h5-11,13H,3-4,12H2,1-2H3,(H,22,24). The van der Waals surface area contributed by atoms with Gasteiger partial charge >= 0.3 is 0 Å². The van der Waals surface area contributed by atoms with Crippen LogP contribution < -0.4 is 5.32 Å². The van der Waals surface area contributed by atoms with E-state index < -0.39 is 0 Å². The van der Waals surface area contributed by atoms with E-state index in [2.05, 4.69) is 21.4 Å². The van der Waals surface area contributed by atoms with Gasteiger partial charge in [0.05, 0.1) is 17.1 Å². The quantitative estimate of drug-likeness (QED) is 0.727. The highest BCUT2D eigenvalue weighted by Crippen LogP contribution is 2.16. The topological polar surface area (TPSA) is 54.9 Å². The lowest BCUT2D eigenvalue weighted by molar-refractivity contribution is -0.115. The Balaban J connectivity index is 1.54. The van der Waals surface area contributed by atoms with Crippen LogP contribution in [0.4, 0.5) is 5.69 Å². The summed E-state index contributed by atoms with van der Waals surface area (Å²) in [6.45, 7) is 4.05. The maximum absolute atomic E-state index is 12.2. The van der Waals surface area contributed by atoms with Crippen molar-refractivity contribution in [2.24, 2.45) is 0 Å². The lowest BCUT2D eigenvalue weighted by atomic mass is 10.1. The number of carbonyl (C=O) groups is 1. The minimum absolute atomic E-state index is 0.0315. The Morgan fingerprint density at radius 1 is 1.08 bits per heavy atom. The molecule has 0 atom stereocenters. The number of nitrogens with one attached hydrogen (secondary N) is 1. The smallest absolute Gasteiger partial charge is 0.230 e. The van der Waals surface area contributed by atoms with Gasteiger partial charge in [-0.15, -0.1) is 11.3 Å². The van der Waals surface area contributed by atoms with Crippen molar-refractivity contribution in [3.63, 3.8) is 0 Å². The predicted octanol–water partition coefficient (Wildman–Crippen LogP) is 4.12. The van der Waals surface area contributed by atoms with E-state index in [4.69, 9.17) is 0 Å². The van der Waals surface area contributed by atoms with Gasteiger partial charge in [0.25, 0.3) is 0 Å². The molecule has 0 aliphatic rings. The molecule has 0 spiro atoms. The number of benzene rings is 1. The van der Waals surface area contributed by atoms with Gasteiger partial charge in [0, 0.05) is 29.9 Å². The third kappa shape index (κ3) is 5.22. The summed E-state index contributed by atoms with van der Waals surface area (Å²) in [5.74, 6) is -0.0315. The number of hydrogen-bond donors (Lipinski definition) is 1.